The van der Waals surface area contributed by atoms with Gasteiger partial charge in [-0.15, -0.1) is 0 Å². The normalized spacial score (nSPS) is 15.9. The molecule has 0 aromatic heterocycles. The minimum atomic E-state index is 0.610. The van der Waals surface area contributed by atoms with Gasteiger partial charge in [0.25, 0.3) is 0 Å². The molecule has 0 rings (SSSR count). The zero-order valence-electron chi connectivity index (χ0n) is 10.6. The molecule has 0 saturated heterocycles. The summed E-state index contributed by atoms with van der Waals surface area (Å²) >= 11 is 0. The van der Waals surface area contributed by atoms with Gasteiger partial charge in [-0.05, 0) is 40.3 Å². The molecule has 0 saturated carbocycles. The largest absolute Gasteiger partial charge is 0.313 e. The molecule has 1 N–H and O–H groups in total. The van der Waals surface area contributed by atoms with Crippen LogP contribution in [-0.2, 0) is 0 Å². The smallest absolute Gasteiger partial charge is 0.0166 e. The van der Waals surface area contributed by atoms with Gasteiger partial charge in [0.2, 0.25) is 0 Å². The van der Waals surface area contributed by atoms with E-state index in [4.69, 9.17) is 0 Å². The van der Waals surface area contributed by atoms with Crippen molar-refractivity contribution in [3.63, 3.8) is 0 Å². The lowest BCUT2D eigenvalue weighted by Crippen LogP contribution is -2.41. The van der Waals surface area contributed by atoms with Crippen molar-refractivity contribution >= 4 is 0 Å². The first-order chi connectivity index (χ1) is 6.61. The molecule has 2 nitrogen and oxygen atoms in total. The van der Waals surface area contributed by atoms with E-state index in [1.807, 2.05) is 0 Å². The zero-order valence-corrected chi connectivity index (χ0v) is 10.6. The van der Waals surface area contributed by atoms with Gasteiger partial charge in [-0.1, -0.05) is 20.3 Å². The van der Waals surface area contributed by atoms with Crippen LogP contribution in [0.3, 0.4) is 0 Å². The SMILES string of the molecule is CCCNC(C)CN(C)C(C)CCC. The maximum atomic E-state index is 3.52. The van der Waals surface area contributed by atoms with Crippen molar-refractivity contribution in [3.05, 3.63) is 0 Å². The van der Waals surface area contributed by atoms with Crippen molar-refractivity contribution in [1.82, 2.24) is 10.2 Å². The second-order valence-electron chi connectivity index (χ2n) is 4.43. The first kappa shape index (κ1) is 13.9. The Hall–Kier alpha value is -0.0800. The lowest BCUT2D eigenvalue weighted by atomic mass is 10.1. The number of likely N-dealkylation sites (N-methyl/N-ethyl adjacent to an activating group) is 1. The highest BCUT2D eigenvalue weighted by Crippen LogP contribution is 2.04. The Balaban J connectivity index is 3.63. The second-order valence-corrected chi connectivity index (χ2v) is 4.43. The van der Waals surface area contributed by atoms with E-state index in [0.717, 1.165) is 13.1 Å². The molecule has 14 heavy (non-hydrogen) atoms. The Labute approximate surface area is 90.1 Å². The number of rotatable bonds is 8. The van der Waals surface area contributed by atoms with E-state index in [9.17, 15) is 0 Å². The van der Waals surface area contributed by atoms with E-state index in [-0.39, 0.29) is 0 Å². The topological polar surface area (TPSA) is 15.3 Å². The summed E-state index contributed by atoms with van der Waals surface area (Å²) in [6.45, 7) is 11.3. The molecule has 0 heterocycles. The Kier molecular flexibility index (Phi) is 8.20. The minimum absolute atomic E-state index is 0.610. The van der Waals surface area contributed by atoms with Crippen molar-refractivity contribution < 1.29 is 0 Å². The molecule has 86 valence electrons. The zero-order chi connectivity index (χ0) is 11.0. The van der Waals surface area contributed by atoms with Crippen molar-refractivity contribution in [2.24, 2.45) is 0 Å². The van der Waals surface area contributed by atoms with Gasteiger partial charge in [0.05, 0.1) is 0 Å². The average Bonchev–Trinajstić information content (AvgIpc) is 2.15. The standard InChI is InChI=1S/C12H28N2/c1-6-8-12(4)14(5)10-11(3)13-9-7-2/h11-13H,6-10H2,1-5H3. The van der Waals surface area contributed by atoms with Gasteiger partial charge < -0.3 is 10.2 Å². The van der Waals surface area contributed by atoms with Crippen LogP contribution >= 0.6 is 0 Å². The Morgan fingerprint density at radius 1 is 1.14 bits per heavy atom. The van der Waals surface area contributed by atoms with E-state index >= 15 is 0 Å². The predicted molar refractivity (Wildman–Crippen MR) is 64.8 cm³/mol. The molecule has 0 bridgehead atoms. The predicted octanol–water partition coefficient (Wildman–Crippen LogP) is 2.49. The molecular formula is C12H28N2. The van der Waals surface area contributed by atoms with Gasteiger partial charge in [-0.3, -0.25) is 0 Å². The van der Waals surface area contributed by atoms with Gasteiger partial charge in [-0.25, -0.2) is 0 Å². The van der Waals surface area contributed by atoms with Crippen molar-refractivity contribution in [2.45, 2.75) is 59.0 Å². The molecule has 2 atom stereocenters. The molecule has 0 amide bonds. The molecule has 0 fully saturated rings. The third kappa shape index (κ3) is 6.39. The molecule has 2 heteroatoms. The highest BCUT2D eigenvalue weighted by molar-refractivity contribution is 4.69. The highest BCUT2D eigenvalue weighted by atomic mass is 15.1. The maximum absolute atomic E-state index is 3.52. The minimum Gasteiger partial charge on any atom is -0.313 e. The van der Waals surface area contributed by atoms with E-state index in [1.54, 1.807) is 0 Å². The molecular weight excluding hydrogens is 172 g/mol. The molecule has 2 unspecified atom stereocenters. The molecule has 0 aromatic carbocycles. The van der Waals surface area contributed by atoms with E-state index < -0.39 is 0 Å². The molecule has 0 aliphatic heterocycles. The summed E-state index contributed by atoms with van der Waals surface area (Å²) in [7, 11) is 2.23. The fourth-order valence-electron chi connectivity index (χ4n) is 1.71. The van der Waals surface area contributed by atoms with Crippen LogP contribution in [0.5, 0.6) is 0 Å². The van der Waals surface area contributed by atoms with Crippen LogP contribution in [0.15, 0.2) is 0 Å². The van der Waals surface area contributed by atoms with Crippen LogP contribution < -0.4 is 5.32 Å². The van der Waals surface area contributed by atoms with E-state index in [0.29, 0.717) is 12.1 Å². The number of nitrogens with zero attached hydrogens (tertiary/aromatic N) is 1. The molecule has 0 aliphatic carbocycles. The van der Waals surface area contributed by atoms with E-state index in [2.05, 4.69) is 45.0 Å². The highest BCUT2D eigenvalue weighted by Gasteiger charge is 2.10. The van der Waals surface area contributed by atoms with Gasteiger partial charge in [0.15, 0.2) is 0 Å². The molecule has 0 aromatic rings. The Morgan fingerprint density at radius 3 is 2.29 bits per heavy atom. The summed E-state index contributed by atoms with van der Waals surface area (Å²) in [5.41, 5.74) is 0. The fourth-order valence-corrected chi connectivity index (χ4v) is 1.71. The van der Waals surface area contributed by atoms with E-state index in [1.165, 1.54) is 19.3 Å². The molecule has 0 spiro atoms. The van der Waals surface area contributed by atoms with Crippen LogP contribution in [0.2, 0.25) is 0 Å². The third-order valence-electron chi connectivity index (χ3n) is 2.76. The number of hydrogen-bond acceptors (Lipinski definition) is 2. The summed E-state index contributed by atoms with van der Waals surface area (Å²) in [5, 5.41) is 3.52. The van der Waals surface area contributed by atoms with Crippen molar-refractivity contribution in [1.29, 1.82) is 0 Å². The van der Waals surface area contributed by atoms with Crippen LogP contribution in [0, 0.1) is 0 Å². The number of hydrogen-bond donors (Lipinski definition) is 1. The number of nitrogens with one attached hydrogen (secondary N) is 1. The van der Waals surface area contributed by atoms with Crippen LogP contribution in [0.25, 0.3) is 0 Å². The quantitative estimate of drug-likeness (QED) is 0.647. The van der Waals surface area contributed by atoms with Gasteiger partial charge in [0, 0.05) is 18.6 Å². The first-order valence-electron chi connectivity index (χ1n) is 6.05. The monoisotopic (exact) mass is 200 g/mol. The lowest BCUT2D eigenvalue weighted by molar-refractivity contribution is 0.223. The molecule has 0 radical (unpaired) electrons. The fraction of sp³-hybridized carbons (Fsp3) is 1.00. The summed E-state index contributed by atoms with van der Waals surface area (Å²) in [4.78, 5) is 2.46. The first-order valence-corrected chi connectivity index (χ1v) is 6.05. The lowest BCUT2D eigenvalue weighted by Gasteiger charge is -2.27. The Morgan fingerprint density at radius 2 is 1.79 bits per heavy atom. The summed E-state index contributed by atoms with van der Waals surface area (Å²) < 4.78 is 0. The van der Waals surface area contributed by atoms with Crippen molar-refractivity contribution in [3.8, 4) is 0 Å². The second kappa shape index (κ2) is 8.25. The average molecular weight is 200 g/mol. The van der Waals surface area contributed by atoms with Crippen LogP contribution in [-0.4, -0.2) is 37.1 Å². The van der Waals surface area contributed by atoms with Crippen molar-refractivity contribution in [2.75, 3.05) is 20.1 Å². The summed E-state index contributed by atoms with van der Waals surface area (Å²) in [6, 6.07) is 1.32. The van der Waals surface area contributed by atoms with Crippen LogP contribution in [0.1, 0.15) is 47.0 Å². The molecule has 0 aliphatic rings. The van der Waals surface area contributed by atoms with Gasteiger partial charge in [-0.2, -0.15) is 0 Å². The van der Waals surface area contributed by atoms with Gasteiger partial charge >= 0.3 is 0 Å². The summed E-state index contributed by atoms with van der Waals surface area (Å²) in [5.74, 6) is 0. The Bertz CT molecular complexity index is 125. The van der Waals surface area contributed by atoms with Gasteiger partial charge in [0.1, 0.15) is 0 Å². The van der Waals surface area contributed by atoms with Crippen LogP contribution in [0.4, 0.5) is 0 Å². The summed E-state index contributed by atoms with van der Waals surface area (Å²) in [6.07, 6.45) is 3.80. The maximum Gasteiger partial charge on any atom is 0.0166 e. The third-order valence-corrected chi connectivity index (χ3v) is 2.76.